The second-order valence-corrected chi connectivity index (χ2v) is 8.62. The number of hydrogen-bond donors (Lipinski definition) is 1. The molecule has 0 saturated carbocycles. The minimum atomic E-state index is -0.254. The molecule has 4 nitrogen and oxygen atoms in total. The Balaban J connectivity index is 1.39. The van der Waals surface area contributed by atoms with Gasteiger partial charge < -0.3 is 10.2 Å². The fourth-order valence-electron chi connectivity index (χ4n) is 3.38. The van der Waals surface area contributed by atoms with Gasteiger partial charge in [-0.15, -0.1) is 11.3 Å². The molecule has 1 N–H and O–H groups in total. The topological polar surface area (TPSA) is 45.2 Å². The van der Waals surface area contributed by atoms with Gasteiger partial charge in [0.25, 0.3) is 5.91 Å². The highest BCUT2D eigenvalue weighted by molar-refractivity contribution is 8.01. The standard InChI is InChI=1S/C17H18FN3OS2/c18-12-1-3-13(4-2-12)23-17-19-9-15(24-17)16(22)20-14-10-21-7-5-11(14)6-8-21/h1-4,9,11,14H,5-8,10H2,(H,20,22)/t14-/m0/s1. The van der Waals surface area contributed by atoms with E-state index in [-0.39, 0.29) is 17.8 Å². The van der Waals surface area contributed by atoms with Crippen LogP contribution >= 0.6 is 23.1 Å². The zero-order valence-corrected chi connectivity index (χ0v) is 14.7. The Bertz CT molecular complexity index is 726. The van der Waals surface area contributed by atoms with E-state index in [1.165, 1.54) is 48.1 Å². The molecule has 1 atom stereocenters. The molecule has 4 heterocycles. The Morgan fingerprint density at radius 3 is 2.71 bits per heavy atom. The number of aromatic nitrogens is 1. The van der Waals surface area contributed by atoms with Crippen LogP contribution in [0.4, 0.5) is 4.39 Å². The van der Waals surface area contributed by atoms with Crippen LogP contribution in [0, 0.1) is 11.7 Å². The van der Waals surface area contributed by atoms with E-state index in [1.54, 1.807) is 18.3 Å². The molecular weight excluding hydrogens is 345 g/mol. The van der Waals surface area contributed by atoms with Crippen LogP contribution in [0.5, 0.6) is 0 Å². The van der Waals surface area contributed by atoms with E-state index in [0.29, 0.717) is 10.8 Å². The van der Waals surface area contributed by atoms with Crippen LogP contribution < -0.4 is 5.32 Å². The van der Waals surface area contributed by atoms with Gasteiger partial charge in [-0.1, -0.05) is 11.8 Å². The predicted octanol–water partition coefficient (Wildman–Crippen LogP) is 3.26. The summed E-state index contributed by atoms with van der Waals surface area (Å²) < 4.78 is 13.7. The monoisotopic (exact) mass is 363 g/mol. The number of carbonyl (C=O) groups excluding carboxylic acids is 1. The van der Waals surface area contributed by atoms with Gasteiger partial charge in [0.2, 0.25) is 0 Å². The first-order chi connectivity index (χ1) is 11.7. The third-order valence-electron chi connectivity index (χ3n) is 4.70. The number of halogens is 1. The quantitative estimate of drug-likeness (QED) is 0.906. The maximum Gasteiger partial charge on any atom is 0.263 e. The SMILES string of the molecule is O=C(N[C@H]1CN2CCC1CC2)c1cnc(Sc2ccc(F)cc2)s1. The van der Waals surface area contributed by atoms with E-state index < -0.39 is 0 Å². The summed E-state index contributed by atoms with van der Waals surface area (Å²) >= 11 is 2.83. The van der Waals surface area contributed by atoms with E-state index in [0.717, 1.165) is 28.9 Å². The van der Waals surface area contributed by atoms with Crippen LogP contribution in [0.2, 0.25) is 0 Å². The Hall–Kier alpha value is -1.44. The largest absolute Gasteiger partial charge is 0.347 e. The molecule has 0 aliphatic carbocycles. The highest BCUT2D eigenvalue weighted by atomic mass is 32.2. The summed E-state index contributed by atoms with van der Waals surface area (Å²) in [7, 11) is 0. The number of benzene rings is 1. The van der Waals surface area contributed by atoms with E-state index in [9.17, 15) is 9.18 Å². The number of rotatable bonds is 4. The number of carbonyl (C=O) groups is 1. The minimum Gasteiger partial charge on any atom is -0.347 e. The highest BCUT2D eigenvalue weighted by Gasteiger charge is 2.35. The van der Waals surface area contributed by atoms with Gasteiger partial charge in [-0.25, -0.2) is 9.37 Å². The van der Waals surface area contributed by atoms with Crippen molar-refractivity contribution in [1.29, 1.82) is 0 Å². The Morgan fingerprint density at radius 1 is 1.29 bits per heavy atom. The maximum absolute atomic E-state index is 12.9. The molecule has 0 unspecified atom stereocenters. The maximum atomic E-state index is 12.9. The van der Waals surface area contributed by atoms with Crippen LogP contribution in [-0.2, 0) is 0 Å². The molecule has 1 amide bonds. The number of piperidine rings is 3. The number of fused-ring (bicyclic) bond motifs is 3. The van der Waals surface area contributed by atoms with Gasteiger partial charge in [-0.2, -0.15) is 0 Å². The number of thiazole rings is 1. The van der Waals surface area contributed by atoms with Gasteiger partial charge in [-0.3, -0.25) is 4.79 Å². The third-order valence-corrected chi connectivity index (χ3v) is 6.78. The second-order valence-electron chi connectivity index (χ2n) is 6.26. The van der Waals surface area contributed by atoms with Crippen molar-refractivity contribution < 1.29 is 9.18 Å². The van der Waals surface area contributed by atoms with Crippen molar-refractivity contribution in [2.24, 2.45) is 5.92 Å². The molecule has 126 valence electrons. The van der Waals surface area contributed by atoms with Crippen molar-refractivity contribution in [3.63, 3.8) is 0 Å². The van der Waals surface area contributed by atoms with Gasteiger partial charge >= 0.3 is 0 Å². The lowest BCUT2D eigenvalue weighted by atomic mass is 9.84. The van der Waals surface area contributed by atoms with Gasteiger partial charge in [0.05, 0.1) is 6.20 Å². The summed E-state index contributed by atoms with van der Waals surface area (Å²) in [6, 6.07) is 6.55. The second kappa shape index (κ2) is 6.82. The van der Waals surface area contributed by atoms with Crippen molar-refractivity contribution in [2.75, 3.05) is 19.6 Å². The molecule has 0 spiro atoms. The molecule has 1 aromatic carbocycles. The molecule has 2 bridgehead atoms. The first-order valence-corrected chi connectivity index (χ1v) is 9.73. The number of nitrogens with zero attached hydrogens (tertiary/aromatic N) is 2. The zero-order chi connectivity index (χ0) is 16.5. The molecule has 3 fully saturated rings. The molecule has 2 aromatic rings. The lowest BCUT2D eigenvalue weighted by Crippen LogP contribution is -2.57. The smallest absolute Gasteiger partial charge is 0.263 e. The van der Waals surface area contributed by atoms with Crippen molar-refractivity contribution >= 4 is 29.0 Å². The number of amides is 1. The van der Waals surface area contributed by atoms with E-state index in [4.69, 9.17) is 0 Å². The molecule has 7 heteroatoms. The van der Waals surface area contributed by atoms with E-state index in [2.05, 4.69) is 15.2 Å². The van der Waals surface area contributed by atoms with Crippen molar-refractivity contribution in [3.8, 4) is 0 Å². The van der Waals surface area contributed by atoms with Gasteiger partial charge in [0.15, 0.2) is 4.34 Å². The average Bonchev–Trinajstić information content (AvgIpc) is 3.07. The predicted molar refractivity (Wildman–Crippen MR) is 93.1 cm³/mol. The molecule has 5 rings (SSSR count). The lowest BCUT2D eigenvalue weighted by molar-refractivity contribution is 0.0622. The summed E-state index contributed by atoms with van der Waals surface area (Å²) in [5.41, 5.74) is 0. The summed E-state index contributed by atoms with van der Waals surface area (Å²) in [5, 5.41) is 3.18. The summed E-state index contributed by atoms with van der Waals surface area (Å²) in [6.45, 7) is 3.29. The van der Waals surface area contributed by atoms with Gasteiger partial charge in [0.1, 0.15) is 10.7 Å². The number of nitrogens with one attached hydrogen (secondary N) is 1. The fourth-order valence-corrected chi connectivity index (χ4v) is 5.24. The molecular formula is C17H18FN3OS2. The lowest BCUT2D eigenvalue weighted by Gasteiger charge is -2.44. The van der Waals surface area contributed by atoms with E-state index in [1.807, 2.05) is 0 Å². The van der Waals surface area contributed by atoms with Gasteiger partial charge in [0, 0.05) is 17.5 Å². The first kappa shape index (κ1) is 16.1. The van der Waals surface area contributed by atoms with Crippen LogP contribution in [0.1, 0.15) is 22.5 Å². The Morgan fingerprint density at radius 2 is 2.04 bits per heavy atom. The average molecular weight is 363 g/mol. The van der Waals surface area contributed by atoms with Crippen LogP contribution in [0.15, 0.2) is 39.7 Å². The van der Waals surface area contributed by atoms with Crippen LogP contribution in [0.25, 0.3) is 0 Å². The highest BCUT2D eigenvalue weighted by Crippen LogP contribution is 2.32. The minimum absolute atomic E-state index is 0.0304. The normalized spacial score (nSPS) is 25.6. The summed E-state index contributed by atoms with van der Waals surface area (Å²) in [5.74, 6) is 0.327. The van der Waals surface area contributed by atoms with E-state index >= 15 is 0 Å². The third kappa shape index (κ3) is 3.48. The summed E-state index contributed by atoms with van der Waals surface area (Å²) in [4.78, 5) is 20.8. The van der Waals surface area contributed by atoms with Crippen molar-refractivity contribution in [3.05, 3.63) is 41.2 Å². The number of hydrogen-bond acceptors (Lipinski definition) is 5. The molecule has 24 heavy (non-hydrogen) atoms. The molecule has 3 saturated heterocycles. The molecule has 1 aromatic heterocycles. The van der Waals surface area contributed by atoms with Crippen molar-refractivity contribution in [2.45, 2.75) is 28.1 Å². The molecule has 3 aliphatic rings. The summed E-state index contributed by atoms with van der Waals surface area (Å²) in [6.07, 6.45) is 3.99. The first-order valence-electron chi connectivity index (χ1n) is 8.10. The Kier molecular flexibility index (Phi) is 4.56. The van der Waals surface area contributed by atoms with Crippen LogP contribution in [-0.4, -0.2) is 41.5 Å². The zero-order valence-electron chi connectivity index (χ0n) is 13.1. The Labute approximate surface area is 148 Å². The fraction of sp³-hybridized carbons (Fsp3) is 0.412. The van der Waals surface area contributed by atoms with Gasteiger partial charge in [-0.05, 0) is 56.1 Å². The molecule has 3 aliphatic heterocycles. The van der Waals surface area contributed by atoms with Crippen molar-refractivity contribution in [1.82, 2.24) is 15.2 Å². The molecule has 0 radical (unpaired) electrons. The van der Waals surface area contributed by atoms with Crippen LogP contribution in [0.3, 0.4) is 0 Å².